The van der Waals surface area contributed by atoms with Gasteiger partial charge in [-0.25, -0.2) is 0 Å². The standard InChI is InChI=1S/C20H20O/c1-20(2,17-10-12-19(21-3)13-11-17)18-9-8-15-6-4-5-7-16(15)14-18/h4-14H,1-3H3. The van der Waals surface area contributed by atoms with Gasteiger partial charge in [0.2, 0.25) is 0 Å². The Morgan fingerprint density at radius 2 is 1.33 bits per heavy atom. The van der Waals surface area contributed by atoms with E-state index in [1.807, 2.05) is 12.1 Å². The molecule has 0 atom stereocenters. The molecule has 0 aliphatic rings. The number of ether oxygens (including phenoxy) is 1. The average Bonchev–Trinajstić information content (AvgIpc) is 2.54. The second-order valence-electron chi connectivity index (χ2n) is 5.92. The molecule has 0 N–H and O–H groups in total. The first-order valence-electron chi connectivity index (χ1n) is 7.25. The van der Waals surface area contributed by atoms with Crippen molar-refractivity contribution >= 4 is 10.8 Å². The molecule has 0 unspecified atom stereocenters. The van der Waals surface area contributed by atoms with Crippen LogP contribution in [0.4, 0.5) is 0 Å². The van der Waals surface area contributed by atoms with E-state index in [0.717, 1.165) is 5.75 Å². The van der Waals surface area contributed by atoms with Crippen LogP contribution in [0.3, 0.4) is 0 Å². The minimum absolute atomic E-state index is 0.0314. The van der Waals surface area contributed by atoms with Gasteiger partial charge in [-0.3, -0.25) is 0 Å². The minimum atomic E-state index is -0.0314. The highest BCUT2D eigenvalue weighted by Crippen LogP contribution is 2.33. The first-order chi connectivity index (χ1) is 10.1. The third-order valence-electron chi connectivity index (χ3n) is 4.28. The summed E-state index contributed by atoms with van der Waals surface area (Å²) >= 11 is 0. The zero-order valence-corrected chi connectivity index (χ0v) is 12.8. The van der Waals surface area contributed by atoms with Gasteiger partial charge in [0.15, 0.2) is 0 Å². The van der Waals surface area contributed by atoms with E-state index >= 15 is 0 Å². The minimum Gasteiger partial charge on any atom is -0.497 e. The maximum absolute atomic E-state index is 5.25. The molecule has 0 aliphatic heterocycles. The number of rotatable bonds is 3. The molecule has 0 fully saturated rings. The third kappa shape index (κ3) is 2.52. The molecule has 106 valence electrons. The lowest BCUT2D eigenvalue weighted by Gasteiger charge is -2.26. The fourth-order valence-electron chi connectivity index (χ4n) is 2.75. The largest absolute Gasteiger partial charge is 0.497 e. The van der Waals surface area contributed by atoms with E-state index < -0.39 is 0 Å². The second-order valence-corrected chi connectivity index (χ2v) is 5.92. The van der Waals surface area contributed by atoms with E-state index in [0.29, 0.717) is 0 Å². The summed E-state index contributed by atoms with van der Waals surface area (Å²) in [6, 6.07) is 23.6. The molecule has 21 heavy (non-hydrogen) atoms. The van der Waals surface area contributed by atoms with Gasteiger partial charge in [0.1, 0.15) is 5.75 Å². The van der Waals surface area contributed by atoms with Crippen molar-refractivity contribution in [1.82, 2.24) is 0 Å². The quantitative estimate of drug-likeness (QED) is 0.641. The van der Waals surface area contributed by atoms with Crippen LogP contribution >= 0.6 is 0 Å². The molecule has 0 saturated carbocycles. The third-order valence-corrected chi connectivity index (χ3v) is 4.28. The van der Waals surface area contributed by atoms with Crippen molar-refractivity contribution < 1.29 is 4.74 Å². The van der Waals surface area contributed by atoms with Crippen molar-refractivity contribution in [2.24, 2.45) is 0 Å². The Kier molecular flexibility index (Phi) is 3.42. The fourth-order valence-corrected chi connectivity index (χ4v) is 2.75. The predicted octanol–water partition coefficient (Wildman–Crippen LogP) is 5.17. The topological polar surface area (TPSA) is 9.23 Å². The Hall–Kier alpha value is -2.28. The van der Waals surface area contributed by atoms with Crippen LogP contribution in [0.5, 0.6) is 5.75 Å². The van der Waals surface area contributed by atoms with Gasteiger partial charge >= 0.3 is 0 Å². The second kappa shape index (κ2) is 5.25. The van der Waals surface area contributed by atoms with Crippen molar-refractivity contribution in [2.75, 3.05) is 7.11 Å². The van der Waals surface area contributed by atoms with Crippen LogP contribution in [0.1, 0.15) is 25.0 Å². The molecule has 0 aromatic heterocycles. The molecule has 0 radical (unpaired) electrons. The Balaban J connectivity index is 2.05. The van der Waals surface area contributed by atoms with Gasteiger partial charge in [-0.2, -0.15) is 0 Å². The summed E-state index contributed by atoms with van der Waals surface area (Å²) in [6.07, 6.45) is 0. The molecule has 3 aromatic rings. The average molecular weight is 276 g/mol. The van der Waals surface area contributed by atoms with Crippen LogP contribution in [-0.4, -0.2) is 7.11 Å². The lowest BCUT2D eigenvalue weighted by Crippen LogP contribution is -2.18. The molecule has 0 spiro atoms. The molecular formula is C20H20O. The van der Waals surface area contributed by atoms with E-state index in [1.165, 1.54) is 21.9 Å². The molecule has 0 saturated heterocycles. The molecule has 0 aliphatic carbocycles. The van der Waals surface area contributed by atoms with Crippen LogP contribution < -0.4 is 4.74 Å². The van der Waals surface area contributed by atoms with Crippen molar-refractivity contribution in [1.29, 1.82) is 0 Å². The number of benzene rings is 3. The van der Waals surface area contributed by atoms with Crippen LogP contribution in [0.25, 0.3) is 10.8 Å². The molecule has 0 amide bonds. The molecule has 1 heteroatoms. The van der Waals surface area contributed by atoms with Gasteiger partial charge < -0.3 is 4.74 Å². The zero-order chi connectivity index (χ0) is 14.9. The lowest BCUT2D eigenvalue weighted by molar-refractivity contribution is 0.414. The van der Waals surface area contributed by atoms with E-state index in [2.05, 4.69) is 68.4 Å². The highest BCUT2D eigenvalue weighted by atomic mass is 16.5. The highest BCUT2D eigenvalue weighted by molar-refractivity contribution is 5.83. The summed E-state index contributed by atoms with van der Waals surface area (Å²) in [4.78, 5) is 0. The first kappa shape index (κ1) is 13.7. The van der Waals surface area contributed by atoms with Gasteiger partial charge in [-0.15, -0.1) is 0 Å². The van der Waals surface area contributed by atoms with Gasteiger partial charge in [-0.05, 0) is 34.0 Å². The predicted molar refractivity (Wildman–Crippen MR) is 89.1 cm³/mol. The summed E-state index contributed by atoms with van der Waals surface area (Å²) in [5.74, 6) is 0.896. The Labute approximate surface area is 126 Å². The SMILES string of the molecule is COc1ccc(C(C)(C)c2ccc3ccccc3c2)cc1. The zero-order valence-electron chi connectivity index (χ0n) is 12.8. The summed E-state index contributed by atoms with van der Waals surface area (Å²) in [6.45, 7) is 4.53. The number of methoxy groups -OCH3 is 1. The maximum atomic E-state index is 5.25. The fraction of sp³-hybridized carbons (Fsp3) is 0.200. The smallest absolute Gasteiger partial charge is 0.118 e. The van der Waals surface area contributed by atoms with Crippen LogP contribution in [0.2, 0.25) is 0 Å². The summed E-state index contributed by atoms with van der Waals surface area (Å²) in [5, 5.41) is 2.57. The molecule has 0 bridgehead atoms. The van der Waals surface area contributed by atoms with Crippen molar-refractivity contribution in [3.8, 4) is 5.75 Å². The molecule has 3 rings (SSSR count). The Morgan fingerprint density at radius 3 is 2.00 bits per heavy atom. The van der Waals surface area contributed by atoms with Crippen LogP contribution in [0.15, 0.2) is 66.7 Å². The number of hydrogen-bond donors (Lipinski definition) is 0. The number of fused-ring (bicyclic) bond motifs is 1. The summed E-state index contributed by atoms with van der Waals surface area (Å²) in [5.41, 5.74) is 2.58. The van der Waals surface area contributed by atoms with E-state index in [-0.39, 0.29) is 5.41 Å². The van der Waals surface area contributed by atoms with Crippen molar-refractivity contribution in [2.45, 2.75) is 19.3 Å². The summed E-state index contributed by atoms with van der Waals surface area (Å²) in [7, 11) is 1.70. The lowest BCUT2D eigenvalue weighted by atomic mass is 9.77. The molecule has 1 nitrogen and oxygen atoms in total. The Morgan fingerprint density at radius 1 is 0.714 bits per heavy atom. The molecule has 0 heterocycles. The van der Waals surface area contributed by atoms with Crippen LogP contribution in [0, 0.1) is 0 Å². The van der Waals surface area contributed by atoms with Gasteiger partial charge in [0.25, 0.3) is 0 Å². The normalized spacial score (nSPS) is 11.6. The maximum Gasteiger partial charge on any atom is 0.118 e. The van der Waals surface area contributed by atoms with Crippen molar-refractivity contribution in [3.05, 3.63) is 77.9 Å². The summed E-state index contributed by atoms with van der Waals surface area (Å²) < 4.78 is 5.25. The first-order valence-corrected chi connectivity index (χ1v) is 7.25. The molecule has 3 aromatic carbocycles. The van der Waals surface area contributed by atoms with Crippen LogP contribution in [-0.2, 0) is 5.41 Å². The highest BCUT2D eigenvalue weighted by Gasteiger charge is 2.23. The van der Waals surface area contributed by atoms with Crippen molar-refractivity contribution in [3.63, 3.8) is 0 Å². The van der Waals surface area contributed by atoms with E-state index in [1.54, 1.807) is 7.11 Å². The Bertz CT molecular complexity index is 754. The van der Waals surface area contributed by atoms with E-state index in [9.17, 15) is 0 Å². The van der Waals surface area contributed by atoms with Gasteiger partial charge in [-0.1, -0.05) is 68.4 Å². The van der Waals surface area contributed by atoms with E-state index in [4.69, 9.17) is 4.74 Å². The monoisotopic (exact) mass is 276 g/mol. The van der Waals surface area contributed by atoms with Gasteiger partial charge in [0, 0.05) is 5.41 Å². The van der Waals surface area contributed by atoms with Gasteiger partial charge in [0.05, 0.1) is 7.11 Å². The molecular weight excluding hydrogens is 256 g/mol. The number of hydrogen-bond acceptors (Lipinski definition) is 1.